The molecule has 3 heteroatoms. The zero-order valence-electron chi connectivity index (χ0n) is 7.25. The average molecular weight is 168 g/mol. The monoisotopic (exact) mass is 168 g/mol. The summed E-state index contributed by atoms with van der Waals surface area (Å²) in [6.45, 7) is 7.24. The minimum Gasteiger partial charge on any atom is -0.294 e. The molecule has 3 N–H and O–H groups in total. The Morgan fingerprint density at radius 2 is 1.92 bits per heavy atom. The molecule has 0 saturated heterocycles. The normalized spacial score (nSPS) is 9.50. The first-order chi connectivity index (χ1) is 5.74. The van der Waals surface area contributed by atoms with E-state index in [1.54, 1.807) is 12.2 Å². The fourth-order valence-electron chi connectivity index (χ4n) is 1.06. The van der Waals surface area contributed by atoms with Crippen LogP contribution in [0, 0.1) is 5.92 Å². The fraction of sp³-hybridized carbons (Fsp3) is 0.444. The van der Waals surface area contributed by atoms with E-state index in [1.807, 2.05) is 0 Å². The number of allylic oxidation sites excluding steroid dienone is 2. The molecule has 0 fully saturated rings. The Morgan fingerprint density at radius 3 is 2.25 bits per heavy atom. The lowest BCUT2D eigenvalue weighted by Gasteiger charge is -2.10. The molecule has 0 spiro atoms. The Bertz CT molecular complexity index is 156. The third-order valence-corrected chi connectivity index (χ3v) is 1.64. The van der Waals surface area contributed by atoms with Crippen LogP contribution in [0.2, 0.25) is 0 Å². The maximum Gasteiger partial charge on any atom is 0.234 e. The molecule has 3 nitrogen and oxygen atoms in total. The van der Waals surface area contributed by atoms with Crippen molar-refractivity contribution in [2.75, 3.05) is 0 Å². The van der Waals surface area contributed by atoms with Crippen LogP contribution in [0.5, 0.6) is 0 Å². The highest BCUT2D eigenvalue weighted by atomic mass is 16.2. The standard InChI is InChI=1S/C9H16N2O/c1-3-5-8(6-4-2)7-9(12)11-10/h3-4,8H,1-2,5-7,10H2,(H,11,12). The van der Waals surface area contributed by atoms with E-state index in [1.165, 1.54) is 0 Å². The predicted octanol–water partition coefficient (Wildman–Crippen LogP) is 1.13. The molecular formula is C9H16N2O. The van der Waals surface area contributed by atoms with Gasteiger partial charge in [0.05, 0.1) is 0 Å². The van der Waals surface area contributed by atoms with Crippen LogP contribution in [-0.4, -0.2) is 5.91 Å². The van der Waals surface area contributed by atoms with Gasteiger partial charge in [-0.25, -0.2) is 5.84 Å². The van der Waals surface area contributed by atoms with Crippen molar-refractivity contribution in [3.8, 4) is 0 Å². The van der Waals surface area contributed by atoms with Crippen LogP contribution in [0.3, 0.4) is 0 Å². The first kappa shape index (κ1) is 10.9. The molecule has 0 heterocycles. The summed E-state index contributed by atoms with van der Waals surface area (Å²) >= 11 is 0. The Labute approximate surface area is 73.3 Å². The number of carbonyl (C=O) groups excluding carboxylic acids is 1. The lowest BCUT2D eigenvalue weighted by Crippen LogP contribution is -2.31. The van der Waals surface area contributed by atoms with Gasteiger partial charge in [-0.15, -0.1) is 13.2 Å². The molecule has 0 aliphatic rings. The number of rotatable bonds is 6. The van der Waals surface area contributed by atoms with Gasteiger partial charge in [0, 0.05) is 6.42 Å². The van der Waals surface area contributed by atoms with Gasteiger partial charge in [0.15, 0.2) is 0 Å². The van der Waals surface area contributed by atoms with Gasteiger partial charge in [-0.3, -0.25) is 10.2 Å². The Kier molecular flexibility index (Phi) is 6.01. The number of hydrogen-bond acceptors (Lipinski definition) is 2. The molecule has 0 bridgehead atoms. The van der Waals surface area contributed by atoms with Crippen LogP contribution >= 0.6 is 0 Å². The molecule has 0 aromatic rings. The van der Waals surface area contributed by atoms with Crippen molar-refractivity contribution in [3.63, 3.8) is 0 Å². The molecule has 0 aromatic heterocycles. The number of nitrogens with two attached hydrogens (primary N) is 1. The Hall–Kier alpha value is -1.09. The van der Waals surface area contributed by atoms with Gasteiger partial charge in [-0.1, -0.05) is 12.2 Å². The predicted molar refractivity (Wildman–Crippen MR) is 50.1 cm³/mol. The van der Waals surface area contributed by atoms with Crippen molar-refractivity contribution in [2.24, 2.45) is 11.8 Å². The molecular weight excluding hydrogens is 152 g/mol. The quantitative estimate of drug-likeness (QED) is 0.270. The summed E-state index contributed by atoms with van der Waals surface area (Å²) < 4.78 is 0. The first-order valence-corrected chi connectivity index (χ1v) is 3.95. The average Bonchev–Trinajstić information content (AvgIpc) is 2.05. The summed E-state index contributed by atoms with van der Waals surface area (Å²) in [6.07, 6.45) is 5.68. The Balaban J connectivity index is 3.83. The second kappa shape index (κ2) is 6.61. The van der Waals surface area contributed by atoms with E-state index in [0.29, 0.717) is 6.42 Å². The SMILES string of the molecule is C=CCC(CC=C)CC(=O)NN. The largest absolute Gasteiger partial charge is 0.294 e. The van der Waals surface area contributed by atoms with Crippen molar-refractivity contribution in [3.05, 3.63) is 25.3 Å². The molecule has 0 aliphatic carbocycles. The van der Waals surface area contributed by atoms with Crippen LogP contribution in [0.25, 0.3) is 0 Å². The smallest absolute Gasteiger partial charge is 0.234 e. The number of hydrazine groups is 1. The summed E-state index contributed by atoms with van der Waals surface area (Å²) in [6, 6.07) is 0. The van der Waals surface area contributed by atoms with Gasteiger partial charge in [0.25, 0.3) is 0 Å². The van der Waals surface area contributed by atoms with Crippen LogP contribution in [0.1, 0.15) is 19.3 Å². The number of amides is 1. The zero-order chi connectivity index (χ0) is 9.40. The van der Waals surface area contributed by atoms with Gasteiger partial charge >= 0.3 is 0 Å². The summed E-state index contributed by atoms with van der Waals surface area (Å²) in [5.41, 5.74) is 2.10. The summed E-state index contributed by atoms with van der Waals surface area (Å²) in [4.78, 5) is 10.9. The second-order valence-electron chi connectivity index (χ2n) is 2.69. The van der Waals surface area contributed by atoms with Crippen molar-refractivity contribution >= 4 is 5.91 Å². The third-order valence-electron chi connectivity index (χ3n) is 1.64. The fourth-order valence-corrected chi connectivity index (χ4v) is 1.06. The summed E-state index contributed by atoms with van der Waals surface area (Å²) in [5, 5.41) is 0. The molecule has 0 atom stereocenters. The topological polar surface area (TPSA) is 55.1 Å². The summed E-state index contributed by atoms with van der Waals surface area (Å²) in [5.74, 6) is 5.11. The highest BCUT2D eigenvalue weighted by Crippen LogP contribution is 2.13. The van der Waals surface area contributed by atoms with E-state index in [2.05, 4.69) is 18.6 Å². The number of carbonyl (C=O) groups is 1. The van der Waals surface area contributed by atoms with Gasteiger partial charge in [0.2, 0.25) is 5.91 Å². The minimum atomic E-state index is -0.135. The number of nitrogens with one attached hydrogen (secondary N) is 1. The van der Waals surface area contributed by atoms with Gasteiger partial charge in [0.1, 0.15) is 0 Å². The lowest BCUT2D eigenvalue weighted by atomic mass is 9.97. The molecule has 1 amide bonds. The maximum atomic E-state index is 10.9. The molecule has 0 aliphatic heterocycles. The van der Waals surface area contributed by atoms with Gasteiger partial charge in [-0.2, -0.15) is 0 Å². The maximum absolute atomic E-state index is 10.9. The molecule has 0 aromatic carbocycles. The van der Waals surface area contributed by atoms with E-state index >= 15 is 0 Å². The minimum absolute atomic E-state index is 0.135. The zero-order valence-corrected chi connectivity index (χ0v) is 7.25. The molecule has 0 saturated carbocycles. The van der Waals surface area contributed by atoms with Gasteiger partial charge < -0.3 is 0 Å². The van der Waals surface area contributed by atoms with E-state index in [0.717, 1.165) is 12.8 Å². The summed E-state index contributed by atoms with van der Waals surface area (Å²) in [7, 11) is 0. The highest BCUT2D eigenvalue weighted by molar-refractivity contribution is 5.75. The number of hydrogen-bond donors (Lipinski definition) is 2. The van der Waals surface area contributed by atoms with Crippen molar-refractivity contribution in [1.82, 2.24) is 5.43 Å². The molecule has 12 heavy (non-hydrogen) atoms. The first-order valence-electron chi connectivity index (χ1n) is 3.95. The third kappa shape index (κ3) is 4.68. The molecule has 0 radical (unpaired) electrons. The van der Waals surface area contributed by atoms with Crippen LogP contribution in [0.15, 0.2) is 25.3 Å². The van der Waals surface area contributed by atoms with E-state index in [9.17, 15) is 4.79 Å². The van der Waals surface area contributed by atoms with E-state index < -0.39 is 0 Å². The highest BCUT2D eigenvalue weighted by Gasteiger charge is 2.09. The van der Waals surface area contributed by atoms with Crippen LogP contribution < -0.4 is 11.3 Å². The molecule has 0 unspecified atom stereocenters. The van der Waals surface area contributed by atoms with Crippen molar-refractivity contribution in [1.29, 1.82) is 0 Å². The van der Waals surface area contributed by atoms with Gasteiger partial charge in [-0.05, 0) is 18.8 Å². The Morgan fingerprint density at radius 1 is 1.42 bits per heavy atom. The second-order valence-corrected chi connectivity index (χ2v) is 2.69. The van der Waals surface area contributed by atoms with Crippen molar-refractivity contribution < 1.29 is 4.79 Å². The van der Waals surface area contributed by atoms with E-state index in [-0.39, 0.29) is 11.8 Å². The van der Waals surface area contributed by atoms with E-state index in [4.69, 9.17) is 5.84 Å². The lowest BCUT2D eigenvalue weighted by molar-refractivity contribution is -0.122. The van der Waals surface area contributed by atoms with Crippen LogP contribution in [0.4, 0.5) is 0 Å². The molecule has 68 valence electrons. The van der Waals surface area contributed by atoms with Crippen LogP contribution in [-0.2, 0) is 4.79 Å². The van der Waals surface area contributed by atoms with Crippen molar-refractivity contribution in [2.45, 2.75) is 19.3 Å². The molecule has 0 rings (SSSR count).